The molecule has 4 rings (SSSR count). The van der Waals surface area contributed by atoms with E-state index in [1.54, 1.807) is 11.8 Å². The summed E-state index contributed by atoms with van der Waals surface area (Å²) in [5.41, 5.74) is 2.83. The maximum Gasteiger partial charge on any atom is 0.253 e. The van der Waals surface area contributed by atoms with Crippen LogP contribution >= 0.6 is 23.4 Å². The Morgan fingerprint density at radius 1 is 1.04 bits per heavy atom. The third kappa shape index (κ3) is 3.99. The van der Waals surface area contributed by atoms with Gasteiger partial charge in [-0.3, -0.25) is 9.59 Å². The molecule has 2 heterocycles. The molecule has 6 heteroatoms. The van der Waals surface area contributed by atoms with Gasteiger partial charge in [0, 0.05) is 30.2 Å². The fraction of sp³-hybridized carbons (Fsp3) is 0.333. The molecule has 2 fully saturated rings. The van der Waals surface area contributed by atoms with Crippen LogP contribution in [0.15, 0.2) is 48.5 Å². The van der Waals surface area contributed by atoms with Gasteiger partial charge < -0.3 is 9.80 Å². The lowest BCUT2D eigenvalue weighted by atomic mass is 10.1. The second kappa shape index (κ2) is 7.95. The SMILES string of the molecule is O=C(c1ccc([C@@H]2SCC(=O)N2Cc2ccc(Cl)cc2)cc1)N1CCCC1. The predicted octanol–water partition coefficient (Wildman–Crippen LogP) is 4.35. The van der Waals surface area contributed by atoms with E-state index < -0.39 is 0 Å². The summed E-state index contributed by atoms with van der Waals surface area (Å²) < 4.78 is 0. The molecule has 2 saturated heterocycles. The fourth-order valence-corrected chi connectivity index (χ4v) is 4.89. The minimum absolute atomic E-state index is 0.0240. The van der Waals surface area contributed by atoms with Gasteiger partial charge in [0.15, 0.2) is 0 Å². The van der Waals surface area contributed by atoms with Gasteiger partial charge in [-0.15, -0.1) is 11.8 Å². The normalized spacial score (nSPS) is 19.7. The van der Waals surface area contributed by atoms with Crippen LogP contribution in [0.1, 0.15) is 39.7 Å². The molecule has 0 N–H and O–H groups in total. The van der Waals surface area contributed by atoms with Crippen LogP contribution in [0.4, 0.5) is 0 Å². The molecule has 1 atom stereocenters. The summed E-state index contributed by atoms with van der Waals surface area (Å²) in [6, 6.07) is 15.3. The van der Waals surface area contributed by atoms with Gasteiger partial charge in [-0.05, 0) is 48.2 Å². The molecule has 0 aliphatic carbocycles. The zero-order valence-corrected chi connectivity index (χ0v) is 16.5. The standard InChI is InChI=1S/C21H21ClN2O2S/c22-18-9-3-15(4-10-18)13-24-19(25)14-27-21(24)17-7-5-16(6-8-17)20(26)23-11-1-2-12-23/h3-10,21H,1-2,11-14H2/t21-/m0/s1. The van der Waals surface area contributed by atoms with Crippen LogP contribution in [0.2, 0.25) is 5.02 Å². The molecular weight excluding hydrogens is 380 g/mol. The third-order valence-electron chi connectivity index (χ3n) is 5.07. The zero-order chi connectivity index (χ0) is 18.8. The average molecular weight is 401 g/mol. The Bertz CT molecular complexity index is 832. The Labute approximate surface area is 168 Å². The van der Waals surface area contributed by atoms with Crippen molar-refractivity contribution in [1.82, 2.24) is 9.80 Å². The lowest BCUT2D eigenvalue weighted by Crippen LogP contribution is -2.28. The van der Waals surface area contributed by atoms with Gasteiger partial charge >= 0.3 is 0 Å². The molecule has 0 saturated carbocycles. The summed E-state index contributed by atoms with van der Waals surface area (Å²) in [7, 11) is 0. The molecule has 2 aromatic rings. The first kappa shape index (κ1) is 18.4. The minimum atomic E-state index is -0.0240. The number of carbonyl (C=O) groups excluding carboxylic acids is 2. The van der Waals surface area contributed by atoms with E-state index in [1.807, 2.05) is 58.3 Å². The first-order chi connectivity index (χ1) is 13.1. The lowest BCUT2D eigenvalue weighted by molar-refractivity contribution is -0.128. The van der Waals surface area contributed by atoms with Crippen LogP contribution in [0, 0.1) is 0 Å². The summed E-state index contributed by atoms with van der Waals surface area (Å²) in [4.78, 5) is 28.7. The molecule has 0 bridgehead atoms. The first-order valence-corrected chi connectivity index (χ1v) is 10.6. The Morgan fingerprint density at radius 2 is 1.70 bits per heavy atom. The van der Waals surface area contributed by atoms with Crippen LogP contribution in [-0.4, -0.2) is 40.5 Å². The van der Waals surface area contributed by atoms with Crippen molar-refractivity contribution in [2.24, 2.45) is 0 Å². The Hall–Kier alpha value is -1.98. The molecule has 2 aliphatic rings. The fourth-order valence-electron chi connectivity index (χ4n) is 3.58. The van der Waals surface area contributed by atoms with Crippen molar-refractivity contribution in [3.63, 3.8) is 0 Å². The van der Waals surface area contributed by atoms with E-state index in [4.69, 9.17) is 11.6 Å². The number of nitrogens with zero attached hydrogens (tertiary/aromatic N) is 2. The largest absolute Gasteiger partial charge is 0.339 e. The van der Waals surface area contributed by atoms with Gasteiger partial charge in [0.05, 0.1) is 5.75 Å². The number of hydrogen-bond acceptors (Lipinski definition) is 3. The molecule has 0 radical (unpaired) electrons. The Balaban J connectivity index is 1.50. The highest BCUT2D eigenvalue weighted by atomic mass is 35.5. The van der Waals surface area contributed by atoms with Crippen LogP contribution in [0.5, 0.6) is 0 Å². The Morgan fingerprint density at radius 3 is 2.37 bits per heavy atom. The topological polar surface area (TPSA) is 40.6 Å². The van der Waals surface area contributed by atoms with Crippen LogP contribution in [0.25, 0.3) is 0 Å². The van der Waals surface area contributed by atoms with Crippen LogP contribution < -0.4 is 0 Å². The highest BCUT2D eigenvalue weighted by Crippen LogP contribution is 2.39. The van der Waals surface area contributed by atoms with Gasteiger partial charge in [-0.1, -0.05) is 35.9 Å². The molecule has 0 aromatic heterocycles. The molecular formula is C21H21ClN2O2S. The number of carbonyl (C=O) groups is 2. The monoisotopic (exact) mass is 400 g/mol. The predicted molar refractivity (Wildman–Crippen MR) is 109 cm³/mol. The Kier molecular flexibility index (Phi) is 5.41. The molecule has 2 aliphatic heterocycles. The van der Waals surface area contributed by atoms with Gasteiger partial charge in [0.2, 0.25) is 5.91 Å². The highest BCUT2D eigenvalue weighted by molar-refractivity contribution is 8.00. The van der Waals surface area contributed by atoms with Crippen molar-refractivity contribution in [1.29, 1.82) is 0 Å². The van der Waals surface area contributed by atoms with Crippen molar-refractivity contribution in [3.05, 3.63) is 70.2 Å². The van der Waals surface area contributed by atoms with Crippen molar-refractivity contribution in [3.8, 4) is 0 Å². The number of likely N-dealkylation sites (tertiary alicyclic amines) is 1. The van der Waals surface area contributed by atoms with Gasteiger partial charge in [0.25, 0.3) is 5.91 Å². The van der Waals surface area contributed by atoms with Gasteiger partial charge in [0.1, 0.15) is 5.37 Å². The summed E-state index contributed by atoms with van der Waals surface area (Å²) in [5, 5.41) is 0.666. The van der Waals surface area contributed by atoms with Gasteiger partial charge in [-0.2, -0.15) is 0 Å². The second-order valence-electron chi connectivity index (χ2n) is 6.93. The molecule has 0 spiro atoms. The van der Waals surface area contributed by atoms with E-state index in [9.17, 15) is 9.59 Å². The van der Waals surface area contributed by atoms with E-state index in [0.29, 0.717) is 17.3 Å². The van der Waals surface area contributed by atoms with Crippen LogP contribution in [-0.2, 0) is 11.3 Å². The minimum Gasteiger partial charge on any atom is -0.339 e. The van der Waals surface area contributed by atoms with Crippen molar-refractivity contribution in [2.45, 2.75) is 24.8 Å². The molecule has 2 amide bonds. The zero-order valence-electron chi connectivity index (χ0n) is 14.9. The van der Waals surface area contributed by atoms with Gasteiger partial charge in [-0.25, -0.2) is 0 Å². The summed E-state index contributed by atoms with van der Waals surface area (Å²) >= 11 is 7.58. The van der Waals surface area contributed by atoms with E-state index >= 15 is 0 Å². The maximum absolute atomic E-state index is 12.5. The van der Waals surface area contributed by atoms with Crippen molar-refractivity contribution < 1.29 is 9.59 Å². The van der Waals surface area contributed by atoms with E-state index in [-0.39, 0.29) is 17.2 Å². The third-order valence-corrected chi connectivity index (χ3v) is 6.58. The molecule has 140 valence electrons. The second-order valence-corrected chi connectivity index (χ2v) is 8.44. The molecule has 27 heavy (non-hydrogen) atoms. The molecule has 4 nitrogen and oxygen atoms in total. The number of halogens is 1. The smallest absolute Gasteiger partial charge is 0.253 e. The number of amides is 2. The van der Waals surface area contributed by atoms with Crippen molar-refractivity contribution >= 4 is 35.2 Å². The lowest BCUT2D eigenvalue weighted by Gasteiger charge is -2.24. The van der Waals surface area contributed by atoms with E-state index in [0.717, 1.165) is 42.6 Å². The maximum atomic E-state index is 12.5. The molecule has 0 unspecified atom stereocenters. The number of benzene rings is 2. The summed E-state index contributed by atoms with van der Waals surface area (Å²) in [6.45, 7) is 2.26. The highest BCUT2D eigenvalue weighted by Gasteiger charge is 2.33. The summed E-state index contributed by atoms with van der Waals surface area (Å²) in [5.74, 6) is 0.719. The van der Waals surface area contributed by atoms with E-state index in [2.05, 4.69) is 0 Å². The first-order valence-electron chi connectivity index (χ1n) is 9.16. The van der Waals surface area contributed by atoms with E-state index in [1.165, 1.54) is 0 Å². The number of hydrogen-bond donors (Lipinski definition) is 0. The number of rotatable bonds is 4. The van der Waals surface area contributed by atoms with Crippen molar-refractivity contribution in [2.75, 3.05) is 18.8 Å². The number of thioether (sulfide) groups is 1. The summed E-state index contributed by atoms with van der Waals surface area (Å²) in [6.07, 6.45) is 2.18. The molecule has 2 aromatic carbocycles. The average Bonchev–Trinajstić information content (AvgIpc) is 3.34. The quantitative estimate of drug-likeness (QED) is 0.766. The van der Waals surface area contributed by atoms with Crippen LogP contribution in [0.3, 0.4) is 0 Å².